The molecule has 4 rings (SSSR count). The molecule has 0 aromatic carbocycles. The van der Waals surface area contributed by atoms with E-state index < -0.39 is 33.5 Å². The van der Waals surface area contributed by atoms with Gasteiger partial charge in [0.2, 0.25) is 0 Å². The van der Waals surface area contributed by atoms with Gasteiger partial charge in [-0.15, -0.1) is 0 Å². The molecule has 6 heteroatoms. The van der Waals surface area contributed by atoms with Gasteiger partial charge in [-0.3, -0.25) is 0 Å². The highest BCUT2D eigenvalue weighted by Gasteiger charge is 2.70. The maximum atomic E-state index is 9.51. The lowest BCUT2D eigenvalue weighted by Crippen LogP contribution is -2.68. The zero-order valence-electron chi connectivity index (χ0n) is 31.0. The monoisotopic (exact) mass is 606 g/mol. The highest BCUT2D eigenvalue weighted by Crippen LogP contribution is 2.71. The summed E-state index contributed by atoms with van der Waals surface area (Å²) in [6, 6.07) is 3.49. The normalized spacial score (nSPS) is 45.6. The third-order valence-electron chi connectivity index (χ3n) is 13.4. The first-order chi connectivity index (χ1) is 19.6. The largest absolute Gasteiger partial charge is 0.501 e. The van der Waals surface area contributed by atoms with Crippen LogP contribution in [0.25, 0.3) is 0 Å². The van der Waals surface area contributed by atoms with Crippen LogP contribution in [-0.2, 0) is 18.3 Å². The van der Waals surface area contributed by atoms with Crippen LogP contribution in [0.3, 0.4) is 0 Å². The van der Waals surface area contributed by atoms with Gasteiger partial charge in [0, 0.05) is 23.5 Å². The van der Waals surface area contributed by atoms with E-state index in [-0.39, 0.29) is 34.8 Å². The summed E-state index contributed by atoms with van der Waals surface area (Å²) in [7, 11) is -2.26. The van der Waals surface area contributed by atoms with Crippen LogP contribution in [0.5, 0.6) is 0 Å². The first-order valence-electron chi connectivity index (χ1n) is 17.6. The Morgan fingerprint density at radius 2 is 1.61 bits per heavy atom. The molecule has 0 amide bonds. The van der Waals surface area contributed by atoms with E-state index in [4.69, 9.17) is 19.7 Å². The standard InChI is InChI=1S/C35H64O4Si2/c1-15-41(16-2,17-3)39-28-21-24(4)20-27-26(28)22-29(38-40(13,14)32(6,7)8)31-33(27,9)23-30(36-12)35(11)25(5)37-19-18-34(31,35)10/h18-19,23-29,31H,15-17,20-22H2,1-14H3/t24-,25?,26+,27-,28-,29+,31+,33+,34+,35-/m1/s1/i19D,25D. The minimum atomic E-state index is -2.18. The second-order valence-electron chi connectivity index (χ2n) is 16.3. The van der Waals surface area contributed by atoms with E-state index in [1.54, 1.807) is 7.11 Å². The molecule has 0 N–H and O–H groups in total. The van der Waals surface area contributed by atoms with Crippen LogP contribution in [0.2, 0.25) is 36.3 Å². The Morgan fingerprint density at radius 1 is 1.00 bits per heavy atom. The van der Waals surface area contributed by atoms with Crippen molar-refractivity contribution in [3.05, 3.63) is 24.1 Å². The summed E-state index contributed by atoms with van der Waals surface area (Å²) < 4.78 is 45.6. The van der Waals surface area contributed by atoms with Gasteiger partial charge in [0.05, 0.1) is 20.1 Å². The quantitative estimate of drug-likeness (QED) is 0.258. The summed E-state index contributed by atoms with van der Waals surface area (Å²) in [6.07, 6.45) is 6.59. The molecule has 2 saturated carbocycles. The lowest BCUT2D eigenvalue weighted by atomic mass is 9.39. The Bertz CT molecular complexity index is 1100. The smallest absolute Gasteiger partial charge is 0.192 e. The van der Waals surface area contributed by atoms with Crippen LogP contribution in [0.4, 0.5) is 0 Å². The van der Waals surface area contributed by atoms with Crippen molar-refractivity contribution in [2.75, 3.05) is 7.11 Å². The van der Waals surface area contributed by atoms with Crippen molar-refractivity contribution >= 4 is 16.6 Å². The van der Waals surface area contributed by atoms with E-state index in [0.29, 0.717) is 17.8 Å². The molecule has 4 nitrogen and oxygen atoms in total. The molecule has 2 fully saturated rings. The zero-order chi connectivity index (χ0) is 32.6. The second kappa shape index (κ2) is 11.1. The van der Waals surface area contributed by atoms with Crippen LogP contribution in [0.1, 0.15) is 98.2 Å². The topological polar surface area (TPSA) is 36.9 Å². The fourth-order valence-corrected chi connectivity index (χ4v) is 13.6. The molecule has 0 saturated heterocycles. The fourth-order valence-electron chi connectivity index (χ4n) is 9.35. The van der Waals surface area contributed by atoms with Crippen molar-refractivity contribution < 1.29 is 21.1 Å². The molecule has 236 valence electrons. The highest BCUT2D eigenvalue weighted by molar-refractivity contribution is 6.74. The number of methoxy groups -OCH3 is 1. The average Bonchev–Trinajstić information content (AvgIpc) is 2.88. The van der Waals surface area contributed by atoms with Gasteiger partial charge in [-0.25, -0.2) is 0 Å². The summed E-state index contributed by atoms with van der Waals surface area (Å²) >= 11 is 0. The SMILES string of the molecule is [2H]C1=C[C@@]2(C)[C@H]3[C@@H](O[Si](C)(C)C(C)(C)C)C[C@H]4[C@@H](C[C@@H](C)C[C@H]4O[Si](CC)(CC)CC)[C@]3(C)C=C(OC)[C@@]2(C)C([2H])(C)O1. The van der Waals surface area contributed by atoms with E-state index in [1.165, 1.54) is 0 Å². The molecule has 1 aliphatic heterocycles. The van der Waals surface area contributed by atoms with Gasteiger partial charge in [0.15, 0.2) is 16.6 Å². The van der Waals surface area contributed by atoms with Crippen molar-refractivity contribution in [3.63, 3.8) is 0 Å². The number of ether oxygens (including phenoxy) is 2. The number of hydrogen-bond acceptors (Lipinski definition) is 4. The molecule has 41 heavy (non-hydrogen) atoms. The summed E-state index contributed by atoms with van der Waals surface area (Å²) in [4.78, 5) is 0. The van der Waals surface area contributed by atoms with Crippen molar-refractivity contribution in [1.82, 2.24) is 0 Å². The highest BCUT2D eigenvalue weighted by atomic mass is 28.4. The maximum Gasteiger partial charge on any atom is 0.192 e. The lowest BCUT2D eigenvalue weighted by molar-refractivity contribution is -0.199. The summed E-state index contributed by atoms with van der Waals surface area (Å²) in [5.41, 5.74) is -1.64. The average molecular weight is 607 g/mol. The summed E-state index contributed by atoms with van der Waals surface area (Å²) in [5, 5.41) is 0.0639. The molecule has 1 heterocycles. The third kappa shape index (κ3) is 5.07. The molecule has 0 bridgehead atoms. The molecular formula is C35H64O4Si2. The number of allylic oxidation sites excluding steroid dienone is 2. The van der Waals surface area contributed by atoms with E-state index in [9.17, 15) is 1.37 Å². The van der Waals surface area contributed by atoms with Gasteiger partial charge in [-0.1, -0.05) is 62.3 Å². The number of hydrogen-bond donors (Lipinski definition) is 0. The summed E-state index contributed by atoms with van der Waals surface area (Å²) in [6.45, 7) is 29.9. The lowest BCUT2D eigenvalue weighted by Gasteiger charge is -2.68. The van der Waals surface area contributed by atoms with Gasteiger partial charge in [-0.2, -0.15) is 0 Å². The number of rotatable bonds is 8. The minimum Gasteiger partial charge on any atom is -0.501 e. The van der Waals surface area contributed by atoms with Crippen LogP contribution in [0, 0.1) is 39.9 Å². The van der Waals surface area contributed by atoms with E-state index in [0.717, 1.165) is 43.2 Å². The predicted octanol–water partition coefficient (Wildman–Crippen LogP) is 9.94. The molecule has 0 spiro atoms. The first-order valence-corrected chi connectivity index (χ1v) is 22.1. The van der Waals surface area contributed by atoms with Crippen molar-refractivity contribution in [1.29, 1.82) is 0 Å². The number of fused-ring (bicyclic) bond motifs is 5. The van der Waals surface area contributed by atoms with Gasteiger partial charge in [-0.05, 0) is 105 Å². The van der Waals surface area contributed by atoms with Crippen LogP contribution < -0.4 is 0 Å². The molecule has 10 atom stereocenters. The maximum absolute atomic E-state index is 9.51. The molecule has 0 aromatic rings. The minimum absolute atomic E-state index is 0.0236. The Morgan fingerprint density at radius 3 is 2.15 bits per heavy atom. The Balaban J connectivity index is 1.98. The third-order valence-corrected chi connectivity index (χ3v) is 22.5. The van der Waals surface area contributed by atoms with Gasteiger partial charge in [0.1, 0.15) is 13.2 Å². The van der Waals surface area contributed by atoms with Gasteiger partial charge in [0.25, 0.3) is 0 Å². The molecular weight excluding hydrogens is 541 g/mol. The zero-order valence-corrected chi connectivity index (χ0v) is 31.0. The summed E-state index contributed by atoms with van der Waals surface area (Å²) in [5.74, 6) is 2.24. The van der Waals surface area contributed by atoms with Crippen molar-refractivity contribution in [2.45, 2.75) is 150 Å². The van der Waals surface area contributed by atoms with Crippen LogP contribution in [-0.4, -0.2) is 42.0 Å². The molecule has 0 radical (unpaired) electrons. The van der Waals surface area contributed by atoms with Gasteiger partial charge >= 0.3 is 0 Å². The molecule has 3 aliphatic carbocycles. The molecule has 4 aliphatic rings. The Hall–Kier alpha value is -0.566. The van der Waals surface area contributed by atoms with E-state index in [1.807, 2.05) is 13.0 Å². The molecule has 0 aromatic heterocycles. The van der Waals surface area contributed by atoms with E-state index >= 15 is 0 Å². The molecule has 1 unspecified atom stereocenters. The Labute approximate surface area is 258 Å². The fraction of sp³-hybridized carbons (Fsp3) is 0.886. The Kier molecular flexibility index (Phi) is 8.25. The van der Waals surface area contributed by atoms with Crippen LogP contribution >= 0.6 is 0 Å². The predicted molar refractivity (Wildman–Crippen MR) is 177 cm³/mol. The van der Waals surface area contributed by atoms with Gasteiger partial charge < -0.3 is 18.3 Å². The van der Waals surface area contributed by atoms with Crippen LogP contribution in [0.15, 0.2) is 24.1 Å². The second-order valence-corrected chi connectivity index (χ2v) is 25.8. The van der Waals surface area contributed by atoms with E-state index in [2.05, 4.69) is 88.4 Å². The van der Waals surface area contributed by atoms with Crippen molar-refractivity contribution in [3.8, 4) is 0 Å². The van der Waals surface area contributed by atoms with Crippen molar-refractivity contribution in [2.24, 2.45) is 39.9 Å². The first kappa shape index (κ1) is 30.5.